The molecule has 82 valence electrons. The Hall–Kier alpha value is -2.74. The van der Waals surface area contributed by atoms with Crippen LogP contribution < -0.4 is 0 Å². The average molecular weight is 225 g/mol. The van der Waals surface area contributed by atoms with E-state index in [4.69, 9.17) is 9.68 Å². The van der Waals surface area contributed by atoms with Gasteiger partial charge in [0.1, 0.15) is 5.52 Å². The van der Waals surface area contributed by atoms with Crippen LogP contribution in [0.2, 0.25) is 0 Å². The molecule has 0 atom stereocenters. The lowest BCUT2D eigenvalue weighted by Gasteiger charge is -1.96. The Morgan fingerprint density at radius 1 is 1.35 bits per heavy atom. The van der Waals surface area contributed by atoms with E-state index in [0.29, 0.717) is 28.2 Å². The largest absolute Gasteiger partial charge is 0.461 e. The number of fused-ring (bicyclic) bond motifs is 1. The Labute approximate surface area is 96.1 Å². The molecule has 0 radical (unpaired) electrons. The minimum Gasteiger partial charge on any atom is -0.461 e. The van der Waals surface area contributed by atoms with Crippen LogP contribution in [0.4, 0.5) is 0 Å². The minimum absolute atomic E-state index is 0.320. The highest BCUT2D eigenvalue weighted by Gasteiger charge is 2.14. The molecular weight excluding hydrogens is 218 g/mol. The molecule has 3 rings (SSSR count). The fraction of sp³-hybridized carbons (Fsp3) is 0. The molecule has 0 amide bonds. The van der Waals surface area contributed by atoms with Gasteiger partial charge in [-0.2, -0.15) is 9.99 Å². The smallest absolute Gasteiger partial charge is 0.212 e. The molecule has 2 heterocycles. The number of nitrogens with zero attached hydrogens (tertiary/aromatic N) is 3. The second kappa shape index (κ2) is 3.39. The summed E-state index contributed by atoms with van der Waals surface area (Å²) >= 11 is 0. The van der Waals surface area contributed by atoms with Gasteiger partial charge in [-0.05, 0) is 30.3 Å². The van der Waals surface area contributed by atoms with Gasteiger partial charge in [-0.25, -0.2) is 4.98 Å². The third-order valence-corrected chi connectivity index (χ3v) is 2.50. The van der Waals surface area contributed by atoms with E-state index in [1.807, 2.05) is 6.07 Å². The first-order valence-electron chi connectivity index (χ1n) is 4.95. The van der Waals surface area contributed by atoms with Gasteiger partial charge in [0.05, 0.1) is 23.4 Å². The fourth-order valence-corrected chi connectivity index (χ4v) is 1.70. The van der Waals surface area contributed by atoms with Crippen molar-refractivity contribution in [2.24, 2.45) is 0 Å². The van der Waals surface area contributed by atoms with Gasteiger partial charge in [-0.1, -0.05) is 0 Å². The first-order chi connectivity index (χ1) is 8.29. The zero-order valence-corrected chi connectivity index (χ0v) is 8.66. The zero-order valence-electron chi connectivity index (χ0n) is 8.66. The number of benzene rings is 1. The number of rotatable bonds is 1. The Morgan fingerprint density at radius 3 is 2.94 bits per heavy atom. The number of furan rings is 1. The Bertz CT molecular complexity index is 720. The molecule has 5 heteroatoms. The van der Waals surface area contributed by atoms with Gasteiger partial charge in [0.15, 0.2) is 5.76 Å². The van der Waals surface area contributed by atoms with E-state index in [2.05, 4.69) is 4.98 Å². The summed E-state index contributed by atoms with van der Waals surface area (Å²) in [6, 6.07) is 10.4. The van der Waals surface area contributed by atoms with Gasteiger partial charge in [0.25, 0.3) is 0 Å². The third-order valence-electron chi connectivity index (χ3n) is 2.50. The van der Waals surface area contributed by atoms with E-state index in [1.165, 1.54) is 6.26 Å². The number of nitriles is 1. The average Bonchev–Trinajstić information content (AvgIpc) is 2.97. The van der Waals surface area contributed by atoms with Crippen LogP contribution in [0.25, 0.3) is 22.6 Å². The van der Waals surface area contributed by atoms with Crippen molar-refractivity contribution in [1.29, 1.82) is 5.26 Å². The lowest BCUT2D eigenvalue weighted by atomic mass is 10.2. The van der Waals surface area contributed by atoms with Crippen LogP contribution in [0, 0.1) is 11.3 Å². The molecule has 0 saturated heterocycles. The summed E-state index contributed by atoms with van der Waals surface area (Å²) in [5.41, 5.74) is 1.56. The van der Waals surface area contributed by atoms with E-state index in [0.717, 1.165) is 4.73 Å². The monoisotopic (exact) mass is 225 g/mol. The van der Waals surface area contributed by atoms with Gasteiger partial charge in [-0.15, -0.1) is 0 Å². The van der Waals surface area contributed by atoms with Crippen LogP contribution in [-0.2, 0) is 0 Å². The molecule has 0 aliphatic heterocycles. The summed E-state index contributed by atoms with van der Waals surface area (Å²) < 4.78 is 6.10. The summed E-state index contributed by atoms with van der Waals surface area (Å²) in [4.78, 5) is 4.24. The van der Waals surface area contributed by atoms with E-state index < -0.39 is 0 Å². The van der Waals surface area contributed by atoms with Crippen molar-refractivity contribution < 1.29 is 9.62 Å². The molecule has 5 nitrogen and oxygen atoms in total. The second-order valence-corrected chi connectivity index (χ2v) is 3.54. The summed E-state index contributed by atoms with van der Waals surface area (Å²) in [6.45, 7) is 0. The molecule has 2 aromatic heterocycles. The van der Waals surface area contributed by atoms with E-state index in [1.54, 1.807) is 30.3 Å². The number of imidazole rings is 1. The molecule has 0 aliphatic carbocycles. The molecule has 1 N–H and O–H groups in total. The van der Waals surface area contributed by atoms with Crippen LogP contribution in [0.15, 0.2) is 41.0 Å². The van der Waals surface area contributed by atoms with Crippen molar-refractivity contribution in [2.45, 2.75) is 0 Å². The van der Waals surface area contributed by atoms with Crippen molar-refractivity contribution in [3.05, 3.63) is 42.2 Å². The fourth-order valence-electron chi connectivity index (χ4n) is 1.70. The van der Waals surface area contributed by atoms with Gasteiger partial charge >= 0.3 is 0 Å². The van der Waals surface area contributed by atoms with Crippen LogP contribution in [0.1, 0.15) is 5.56 Å². The molecular formula is C12H7N3O2. The van der Waals surface area contributed by atoms with Crippen molar-refractivity contribution in [1.82, 2.24) is 9.71 Å². The quantitative estimate of drug-likeness (QED) is 0.645. The van der Waals surface area contributed by atoms with Crippen molar-refractivity contribution in [3.63, 3.8) is 0 Å². The standard InChI is InChI=1S/C12H7N3O2/c13-7-8-3-4-9-10(6-8)15(16)12(14-9)11-2-1-5-17-11/h1-6,16H. The molecule has 1 aromatic carbocycles. The van der Waals surface area contributed by atoms with Gasteiger partial charge in [-0.3, -0.25) is 0 Å². The van der Waals surface area contributed by atoms with Gasteiger partial charge in [0.2, 0.25) is 5.82 Å². The predicted molar refractivity (Wildman–Crippen MR) is 59.3 cm³/mol. The second-order valence-electron chi connectivity index (χ2n) is 3.54. The highest BCUT2D eigenvalue weighted by Crippen LogP contribution is 2.24. The molecule has 17 heavy (non-hydrogen) atoms. The lowest BCUT2D eigenvalue weighted by molar-refractivity contribution is 0.201. The maximum absolute atomic E-state index is 9.97. The van der Waals surface area contributed by atoms with Gasteiger partial charge in [0, 0.05) is 0 Å². The Balaban J connectivity index is 2.30. The van der Waals surface area contributed by atoms with E-state index in [9.17, 15) is 5.21 Å². The van der Waals surface area contributed by atoms with Crippen LogP contribution in [0.5, 0.6) is 0 Å². The lowest BCUT2D eigenvalue weighted by Crippen LogP contribution is -1.92. The molecule has 0 aliphatic rings. The highest BCUT2D eigenvalue weighted by atomic mass is 16.5. The van der Waals surface area contributed by atoms with Crippen LogP contribution in [-0.4, -0.2) is 14.9 Å². The Morgan fingerprint density at radius 2 is 2.24 bits per heavy atom. The molecule has 0 bridgehead atoms. The summed E-state index contributed by atoms with van der Waals surface area (Å²) in [5.74, 6) is 0.794. The predicted octanol–water partition coefficient (Wildman–Crippen LogP) is 2.41. The topological polar surface area (TPSA) is 75.0 Å². The molecule has 0 saturated carbocycles. The maximum Gasteiger partial charge on any atom is 0.212 e. The maximum atomic E-state index is 9.97. The normalized spacial score (nSPS) is 10.5. The van der Waals surface area contributed by atoms with E-state index >= 15 is 0 Å². The Kier molecular flexibility index (Phi) is 1.89. The summed E-state index contributed by atoms with van der Waals surface area (Å²) in [7, 11) is 0. The van der Waals surface area contributed by atoms with Crippen molar-refractivity contribution in [3.8, 4) is 17.7 Å². The van der Waals surface area contributed by atoms with Crippen molar-refractivity contribution in [2.75, 3.05) is 0 Å². The van der Waals surface area contributed by atoms with Crippen LogP contribution in [0.3, 0.4) is 0 Å². The van der Waals surface area contributed by atoms with Crippen LogP contribution >= 0.6 is 0 Å². The molecule has 0 fully saturated rings. The van der Waals surface area contributed by atoms with E-state index in [-0.39, 0.29) is 0 Å². The molecule has 0 unspecified atom stereocenters. The summed E-state index contributed by atoms with van der Waals surface area (Å²) in [6.07, 6.45) is 1.51. The molecule has 0 spiro atoms. The zero-order chi connectivity index (χ0) is 11.8. The highest BCUT2D eigenvalue weighted by molar-refractivity contribution is 5.80. The minimum atomic E-state index is 0.320. The van der Waals surface area contributed by atoms with Crippen molar-refractivity contribution >= 4 is 11.0 Å². The number of hydrogen-bond acceptors (Lipinski definition) is 4. The summed E-state index contributed by atoms with van der Waals surface area (Å²) in [5, 5.41) is 18.8. The SMILES string of the molecule is N#Cc1ccc2nc(-c3ccco3)n(O)c2c1. The first kappa shape index (κ1) is 9.48. The first-order valence-corrected chi connectivity index (χ1v) is 4.95. The number of aromatic nitrogens is 2. The number of hydrogen-bond donors (Lipinski definition) is 1. The van der Waals surface area contributed by atoms with Gasteiger partial charge < -0.3 is 9.62 Å². The third kappa shape index (κ3) is 1.35. The molecule has 3 aromatic rings.